The number of ether oxygens (including phenoxy) is 1. The number of aliphatic hydroxyl groups excluding tert-OH is 1. The van der Waals surface area contributed by atoms with Crippen LogP contribution in [0.25, 0.3) is 16.8 Å². The van der Waals surface area contributed by atoms with Gasteiger partial charge in [-0.25, -0.2) is 4.52 Å². The summed E-state index contributed by atoms with van der Waals surface area (Å²) >= 11 is 0. The van der Waals surface area contributed by atoms with Gasteiger partial charge in [-0.3, -0.25) is 4.79 Å². The maximum absolute atomic E-state index is 12.9. The van der Waals surface area contributed by atoms with Crippen LogP contribution >= 0.6 is 0 Å². The van der Waals surface area contributed by atoms with Crippen molar-refractivity contribution in [2.24, 2.45) is 0 Å². The summed E-state index contributed by atoms with van der Waals surface area (Å²) in [5.41, 5.74) is 3.87. The molecule has 0 aliphatic heterocycles. The van der Waals surface area contributed by atoms with Crippen LogP contribution < -0.4 is 10.3 Å². The molecular formula is C22H21N3O3. The normalized spacial score (nSPS) is 12.2. The number of fused-ring (bicyclic) bond motifs is 1. The average Bonchev–Trinajstić information content (AvgIpc) is 3.16. The summed E-state index contributed by atoms with van der Waals surface area (Å²) in [5, 5.41) is 15.0. The van der Waals surface area contributed by atoms with Gasteiger partial charge in [-0.1, -0.05) is 42.0 Å². The second-order valence-corrected chi connectivity index (χ2v) is 6.77. The molecule has 28 heavy (non-hydrogen) atoms. The van der Waals surface area contributed by atoms with Crippen molar-refractivity contribution in [1.29, 1.82) is 0 Å². The van der Waals surface area contributed by atoms with Gasteiger partial charge in [0.1, 0.15) is 11.3 Å². The first-order valence-corrected chi connectivity index (χ1v) is 9.03. The van der Waals surface area contributed by atoms with Crippen LogP contribution in [0.2, 0.25) is 0 Å². The first-order valence-electron chi connectivity index (χ1n) is 9.03. The van der Waals surface area contributed by atoms with Crippen LogP contribution in [0.15, 0.2) is 71.8 Å². The van der Waals surface area contributed by atoms with Crippen molar-refractivity contribution < 1.29 is 9.84 Å². The van der Waals surface area contributed by atoms with Crippen molar-refractivity contribution in [3.8, 4) is 17.0 Å². The molecule has 2 heterocycles. The molecule has 142 valence electrons. The molecule has 1 unspecified atom stereocenters. The van der Waals surface area contributed by atoms with Crippen LogP contribution in [-0.4, -0.2) is 26.4 Å². The van der Waals surface area contributed by atoms with Crippen LogP contribution in [0.4, 0.5) is 0 Å². The van der Waals surface area contributed by atoms with E-state index in [0.29, 0.717) is 5.52 Å². The Hall–Kier alpha value is -3.38. The monoisotopic (exact) mass is 375 g/mol. The van der Waals surface area contributed by atoms with Crippen molar-refractivity contribution in [2.45, 2.75) is 19.6 Å². The van der Waals surface area contributed by atoms with E-state index in [1.807, 2.05) is 31.2 Å². The lowest BCUT2D eigenvalue weighted by Crippen LogP contribution is -2.24. The van der Waals surface area contributed by atoms with Crippen molar-refractivity contribution >= 4 is 5.52 Å². The van der Waals surface area contributed by atoms with Gasteiger partial charge in [0.25, 0.3) is 5.56 Å². The Morgan fingerprint density at radius 1 is 1.07 bits per heavy atom. The number of rotatable bonds is 5. The van der Waals surface area contributed by atoms with Crippen molar-refractivity contribution in [2.75, 3.05) is 7.11 Å². The van der Waals surface area contributed by atoms with Crippen LogP contribution in [-0.2, 0) is 6.54 Å². The minimum Gasteiger partial charge on any atom is -0.497 e. The van der Waals surface area contributed by atoms with Crippen LogP contribution in [0.3, 0.4) is 0 Å². The minimum absolute atomic E-state index is 0.159. The predicted octanol–water partition coefficient (Wildman–Crippen LogP) is 3.21. The highest BCUT2D eigenvalue weighted by Crippen LogP contribution is 2.20. The molecule has 6 nitrogen and oxygen atoms in total. The number of hydrogen-bond acceptors (Lipinski definition) is 4. The zero-order valence-corrected chi connectivity index (χ0v) is 15.7. The highest BCUT2D eigenvalue weighted by atomic mass is 16.5. The molecule has 0 bridgehead atoms. The molecule has 0 spiro atoms. The second kappa shape index (κ2) is 7.32. The lowest BCUT2D eigenvalue weighted by Gasteiger charge is -2.13. The number of nitrogens with zero attached hydrogens (tertiary/aromatic N) is 3. The second-order valence-electron chi connectivity index (χ2n) is 6.77. The number of benzene rings is 2. The van der Waals surface area contributed by atoms with Crippen molar-refractivity contribution in [1.82, 2.24) is 14.2 Å². The van der Waals surface area contributed by atoms with Gasteiger partial charge in [-0.05, 0) is 30.7 Å². The fourth-order valence-corrected chi connectivity index (χ4v) is 3.15. The van der Waals surface area contributed by atoms with Gasteiger partial charge in [0.05, 0.1) is 25.5 Å². The van der Waals surface area contributed by atoms with E-state index >= 15 is 0 Å². The Morgan fingerprint density at radius 2 is 1.79 bits per heavy atom. The molecule has 1 atom stereocenters. The van der Waals surface area contributed by atoms with E-state index in [4.69, 9.17) is 4.74 Å². The van der Waals surface area contributed by atoms with Gasteiger partial charge in [0.2, 0.25) is 0 Å². The average molecular weight is 375 g/mol. The Labute approximate surface area is 162 Å². The number of hydrogen-bond donors (Lipinski definition) is 1. The Kier molecular flexibility index (Phi) is 4.71. The number of aryl methyl sites for hydroxylation is 1. The molecule has 0 saturated carbocycles. The highest BCUT2D eigenvalue weighted by Gasteiger charge is 2.13. The fraction of sp³-hybridized carbons (Fsp3) is 0.182. The van der Waals surface area contributed by atoms with E-state index in [9.17, 15) is 9.90 Å². The lowest BCUT2D eigenvalue weighted by molar-refractivity contribution is 0.155. The van der Waals surface area contributed by atoms with Gasteiger partial charge < -0.3 is 14.4 Å². The molecule has 4 aromatic rings. The smallest absolute Gasteiger partial charge is 0.276 e. The zero-order valence-electron chi connectivity index (χ0n) is 15.7. The summed E-state index contributed by atoms with van der Waals surface area (Å²) < 4.78 is 8.22. The summed E-state index contributed by atoms with van der Waals surface area (Å²) in [6, 6.07) is 17.0. The number of aliphatic hydroxyl groups is 1. The van der Waals surface area contributed by atoms with E-state index in [-0.39, 0.29) is 12.1 Å². The third kappa shape index (κ3) is 3.42. The fourth-order valence-electron chi connectivity index (χ4n) is 3.15. The SMILES string of the molecule is COc1ccc(C(O)Cn2ccn3nc(-c4ccc(C)cc4)cc3c2=O)cc1. The van der Waals surface area contributed by atoms with Gasteiger partial charge >= 0.3 is 0 Å². The predicted molar refractivity (Wildman–Crippen MR) is 108 cm³/mol. The van der Waals surface area contributed by atoms with E-state index in [1.54, 1.807) is 54.4 Å². The molecular weight excluding hydrogens is 354 g/mol. The van der Waals surface area contributed by atoms with Crippen LogP contribution in [0.5, 0.6) is 5.75 Å². The maximum atomic E-state index is 12.9. The standard InChI is InChI=1S/C22H21N3O3/c1-15-3-5-16(6-4-15)19-13-20-22(27)24(11-12-25(20)23-19)14-21(26)17-7-9-18(28-2)10-8-17/h3-13,21,26H,14H2,1-2H3. The molecule has 0 aliphatic rings. The third-order valence-electron chi connectivity index (χ3n) is 4.82. The molecule has 0 amide bonds. The Morgan fingerprint density at radius 3 is 2.46 bits per heavy atom. The molecule has 0 aliphatic carbocycles. The molecule has 0 fully saturated rings. The van der Waals surface area contributed by atoms with Gasteiger partial charge in [0, 0.05) is 18.0 Å². The Bertz CT molecular complexity index is 1160. The summed E-state index contributed by atoms with van der Waals surface area (Å²) in [6.07, 6.45) is 2.58. The van der Waals surface area contributed by atoms with Crippen LogP contribution in [0.1, 0.15) is 17.2 Å². The van der Waals surface area contributed by atoms with Gasteiger partial charge in [-0.15, -0.1) is 0 Å². The van der Waals surface area contributed by atoms with Crippen LogP contribution in [0, 0.1) is 6.92 Å². The summed E-state index contributed by atoms with van der Waals surface area (Å²) in [5.74, 6) is 0.720. The zero-order chi connectivity index (χ0) is 19.7. The van der Waals surface area contributed by atoms with E-state index in [0.717, 1.165) is 22.6 Å². The summed E-state index contributed by atoms with van der Waals surface area (Å²) in [7, 11) is 1.59. The number of aromatic nitrogens is 3. The molecule has 1 N–H and O–H groups in total. The number of methoxy groups -OCH3 is 1. The van der Waals surface area contributed by atoms with Gasteiger partial charge in [-0.2, -0.15) is 5.10 Å². The molecule has 2 aromatic heterocycles. The van der Waals surface area contributed by atoms with Gasteiger partial charge in [0.15, 0.2) is 0 Å². The largest absolute Gasteiger partial charge is 0.497 e. The van der Waals surface area contributed by atoms with E-state index in [2.05, 4.69) is 5.10 Å². The molecule has 0 radical (unpaired) electrons. The minimum atomic E-state index is -0.800. The highest BCUT2D eigenvalue weighted by molar-refractivity contribution is 5.65. The summed E-state index contributed by atoms with van der Waals surface area (Å²) in [6.45, 7) is 2.19. The quantitative estimate of drug-likeness (QED) is 0.582. The van der Waals surface area contributed by atoms with E-state index < -0.39 is 6.10 Å². The topological polar surface area (TPSA) is 68.8 Å². The van der Waals surface area contributed by atoms with Crippen molar-refractivity contribution in [3.05, 3.63) is 88.5 Å². The summed E-state index contributed by atoms with van der Waals surface area (Å²) in [4.78, 5) is 12.9. The molecule has 4 rings (SSSR count). The molecule has 0 saturated heterocycles. The maximum Gasteiger partial charge on any atom is 0.276 e. The first kappa shape index (κ1) is 18.0. The molecule has 6 heteroatoms. The Balaban J connectivity index is 1.63. The van der Waals surface area contributed by atoms with E-state index in [1.165, 1.54) is 10.1 Å². The first-order chi connectivity index (χ1) is 13.5. The third-order valence-corrected chi connectivity index (χ3v) is 4.82. The van der Waals surface area contributed by atoms with Crippen molar-refractivity contribution in [3.63, 3.8) is 0 Å². The molecule has 2 aromatic carbocycles. The lowest BCUT2D eigenvalue weighted by atomic mass is 10.1.